The number of hydrogen-bond donors (Lipinski definition) is 0. The zero-order valence-corrected chi connectivity index (χ0v) is 21.5. The Labute approximate surface area is 204 Å². The lowest BCUT2D eigenvalue weighted by Crippen LogP contribution is -2.30. The number of fused-ring (bicyclic) bond motifs is 2. The third-order valence-corrected chi connectivity index (χ3v) is 10.7. The van der Waals surface area contributed by atoms with Crippen LogP contribution in [0, 0.1) is 0 Å². The molecule has 166 valence electrons. The summed E-state index contributed by atoms with van der Waals surface area (Å²) in [5.41, 5.74) is 0.581. The van der Waals surface area contributed by atoms with Crippen LogP contribution in [0.5, 0.6) is 0 Å². The average molecular weight is 500 g/mol. The molecule has 7 heteroatoms. The molecule has 0 atom stereocenters. The Morgan fingerprint density at radius 3 is 2.09 bits per heavy atom. The minimum Gasteiger partial charge on any atom is -0.274 e. The molecule has 1 aliphatic rings. The minimum absolute atomic E-state index is 0.122. The van der Waals surface area contributed by atoms with Crippen molar-refractivity contribution in [3.8, 4) is 19.5 Å². The number of carbonyl (C=O) groups excluding carboxylic acids is 2. The number of rotatable bonds is 9. The number of aryl methyl sites for hydroxylation is 1. The molecule has 0 aliphatic carbocycles. The molecular formula is C25H25NO2S4. The molecule has 1 aliphatic heterocycles. The van der Waals surface area contributed by atoms with Gasteiger partial charge in [0.15, 0.2) is 0 Å². The number of carbonyl (C=O) groups is 2. The van der Waals surface area contributed by atoms with Crippen molar-refractivity contribution in [2.24, 2.45) is 0 Å². The Morgan fingerprint density at radius 1 is 0.719 bits per heavy atom. The second-order valence-electron chi connectivity index (χ2n) is 8.14. The van der Waals surface area contributed by atoms with E-state index in [9.17, 15) is 9.59 Å². The normalized spacial score (nSPS) is 13.6. The molecule has 0 unspecified atom stereocenters. The van der Waals surface area contributed by atoms with E-state index < -0.39 is 0 Å². The molecule has 0 radical (unpaired) electrons. The summed E-state index contributed by atoms with van der Waals surface area (Å²) >= 11 is 6.96. The van der Waals surface area contributed by atoms with E-state index in [1.807, 2.05) is 28.7 Å². The first-order valence-electron chi connectivity index (χ1n) is 11.2. The van der Waals surface area contributed by atoms with Gasteiger partial charge in [0, 0.05) is 40.3 Å². The average Bonchev–Trinajstić information content (AvgIpc) is 3.56. The number of amides is 2. The van der Waals surface area contributed by atoms with E-state index in [-0.39, 0.29) is 11.8 Å². The lowest BCUT2D eigenvalue weighted by molar-refractivity contribution is 0.0653. The molecule has 0 saturated carbocycles. The van der Waals surface area contributed by atoms with E-state index in [1.54, 1.807) is 11.3 Å². The standard InChI is InChI=1S/C25H25NO2S4/c1-3-5-7-8-15-9-10-17(29-15)19-13-21-22(30-19)14-20(31-21)18-12-16-23(32-18)25(28)26(24(16)27)11-6-4-2/h9-10,12-14H,3-8,11H2,1-2H3. The Bertz CT molecular complexity index is 1220. The lowest BCUT2D eigenvalue weighted by atomic mass is 10.2. The van der Waals surface area contributed by atoms with E-state index in [2.05, 4.69) is 38.1 Å². The van der Waals surface area contributed by atoms with Gasteiger partial charge in [0.1, 0.15) is 4.88 Å². The van der Waals surface area contributed by atoms with Gasteiger partial charge in [0.05, 0.1) is 5.56 Å². The molecule has 0 N–H and O–H groups in total. The van der Waals surface area contributed by atoms with Gasteiger partial charge in [0.2, 0.25) is 0 Å². The van der Waals surface area contributed by atoms with Crippen LogP contribution in [0.15, 0.2) is 30.3 Å². The van der Waals surface area contributed by atoms with Crippen LogP contribution in [0.2, 0.25) is 0 Å². The van der Waals surface area contributed by atoms with Gasteiger partial charge >= 0.3 is 0 Å². The monoisotopic (exact) mass is 499 g/mol. The molecule has 0 saturated heterocycles. The topological polar surface area (TPSA) is 37.4 Å². The van der Waals surface area contributed by atoms with Crippen molar-refractivity contribution in [3.05, 3.63) is 45.6 Å². The van der Waals surface area contributed by atoms with Crippen molar-refractivity contribution in [1.82, 2.24) is 4.90 Å². The first kappa shape index (κ1) is 22.0. The van der Waals surface area contributed by atoms with E-state index >= 15 is 0 Å². The summed E-state index contributed by atoms with van der Waals surface area (Å²) < 4.78 is 2.55. The molecule has 0 fully saturated rings. The Morgan fingerprint density at radius 2 is 1.41 bits per heavy atom. The van der Waals surface area contributed by atoms with Crippen LogP contribution in [0.3, 0.4) is 0 Å². The molecule has 5 rings (SSSR count). The molecule has 0 spiro atoms. The third kappa shape index (κ3) is 4.00. The van der Waals surface area contributed by atoms with Gasteiger partial charge in [-0.3, -0.25) is 14.5 Å². The van der Waals surface area contributed by atoms with Crippen molar-refractivity contribution in [2.45, 2.75) is 52.4 Å². The van der Waals surface area contributed by atoms with E-state index in [0.717, 1.165) is 22.6 Å². The highest BCUT2D eigenvalue weighted by molar-refractivity contribution is 7.33. The Hall–Kier alpha value is -1.80. The quantitative estimate of drug-likeness (QED) is 0.171. The molecule has 0 aromatic carbocycles. The summed E-state index contributed by atoms with van der Waals surface area (Å²) in [6, 6.07) is 11.0. The van der Waals surface area contributed by atoms with Crippen LogP contribution in [0.4, 0.5) is 0 Å². The molecular weight excluding hydrogens is 475 g/mol. The SMILES string of the molecule is CCCCCc1ccc(-c2cc3sc(-c4cc5c(s4)C(=O)N(CCCC)C5=O)cc3s2)s1. The van der Waals surface area contributed by atoms with Crippen LogP contribution in [-0.2, 0) is 6.42 Å². The molecule has 3 nitrogen and oxygen atoms in total. The molecule has 4 aromatic heterocycles. The van der Waals surface area contributed by atoms with E-state index in [4.69, 9.17) is 0 Å². The molecule has 2 amide bonds. The van der Waals surface area contributed by atoms with Crippen molar-refractivity contribution in [1.29, 1.82) is 0 Å². The molecule has 32 heavy (non-hydrogen) atoms. The summed E-state index contributed by atoms with van der Waals surface area (Å²) in [6.07, 6.45) is 6.83. The molecule has 4 aromatic rings. The Balaban J connectivity index is 1.35. The zero-order valence-electron chi connectivity index (χ0n) is 18.2. The summed E-state index contributed by atoms with van der Waals surface area (Å²) in [4.78, 5) is 33.7. The highest BCUT2D eigenvalue weighted by Crippen LogP contribution is 2.46. The number of unbranched alkanes of at least 4 members (excludes halogenated alkanes) is 3. The highest BCUT2D eigenvalue weighted by Gasteiger charge is 2.37. The number of nitrogens with zero attached hydrogens (tertiary/aromatic N) is 1. The van der Waals surface area contributed by atoms with Gasteiger partial charge in [-0.1, -0.05) is 33.1 Å². The van der Waals surface area contributed by atoms with Crippen molar-refractivity contribution in [2.75, 3.05) is 6.54 Å². The second kappa shape index (κ2) is 9.21. The van der Waals surface area contributed by atoms with Crippen molar-refractivity contribution in [3.63, 3.8) is 0 Å². The fourth-order valence-electron chi connectivity index (χ4n) is 3.98. The smallest absolute Gasteiger partial charge is 0.271 e. The largest absolute Gasteiger partial charge is 0.274 e. The summed E-state index contributed by atoms with van der Waals surface area (Å²) in [5.74, 6) is -0.253. The van der Waals surface area contributed by atoms with Gasteiger partial charge in [-0.25, -0.2) is 0 Å². The van der Waals surface area contributed by atoms with Crippen LogP contribution in [-0.4, -0.2) is 23.3 Å². The van der Waals surface area contributed by atoms with Gasteiger partial charge in [-0.2, -0.15) is 0 Å². The van der Waals surface area contributed by atoms with Gasteiger partial charge in [-0.15, -0.1) is 45.3 Å². The first-order valence-corrected chi connectivity index (χ1v) is 14.5. The summed E-state index contributed by atoms with van der Waals surface area (Å²) in [5, 5.41) is 0. The van der Waals surface area contributed by atoms with Crippen LogP contribution in [0.1, 0.15) is 70.9 Å². The fraction of sp³-hybridized carbons (Fsp3) is 0.360. The summed E-state index contributed by atoms with van der Waals surface area (Å²) in [7, 11) is 0. The third-order valence-electron chi connectivity index (χ3n) is 5.76. The lowest BCUT2D eigenvalue weighted by Gasteiger charge is -2.12. The van der Waals surface area contributed by atoms with Crippen LogP contribution >= 0.6 is 45.3 Å². The van der Waals surface area contributed by atoms with Crippen molar-refractivity contribution >= 4 is 66.6 Å². The zero-order chi connectivity index (χ0) is 22.2. The number of thiophene rings is 4. The maximum atomic E-state index is 12.7. The van der Waals surface area contributed by atoms with Crippen LogP contribution < -0.4 is 0 Å². The minimum atomic E-state index is -0.131. The van der Waals surface area contributed by atoms with Crippen LogP contribution in [0.25, 0.3) is 28.9 Å². The van der Waals surface area contributed by atoms with E-state index in [0.29, 0.717) is 17.0 Å². The molecule has 0 bridgehead atoms. The predicted octanol–water partition coefficient (Wildman–Crippen LogP) is 8.55. The maximum absolute atomic E-state index is 12.7. The maximum Gasteiger partial charge on any atom is 0.271 e. The highest BCUT2D eigenvalue weighted by atomic mass is 32.1. The fourth-order valence-corrected chi connectivity index (χ4v) is 8.68. The van der Waals surface area contributed by atoms with Crippen molar-refractivity contribution < 1.29 is 9.59 Å². The number of hydrogen-bond acceptors (Lipinski definition) is 6. The molecule has 5 heterocycles. The van der Waals surface area contributed by atoms with Gasteiger partial charge < -0.3 is 0 Å². The summed E-state index contributed by atoms with van der Waals surface area (Å²) in [6.45, 7) is 4.83. The van der Waals surface area contributed by atoms with Gasteiger partial charge in [0.25, 0.3) is 11.8 Å². The number of imide groups is 1. The predicted molar refractivity (Wildman–Crippen MR) is 140 cm³/mol. The van der Waals surface area contributed by atoms with Gasteiger partial charge in [-0.05, 0) is 49.6 Å². The first-order chi connectivity index (χ1) is 15.6. The Kier molecular flexibility index (Phi) is 6.34. The van der Waals surface area contributed by atoms with E-state index in [1.165, 1.54) is 66.0 Å². The second-order valence-corrected chi connectivity index (χ2v) is 12.5.